The molecule has 1 saturated heterocycles. The van der Waals surface area contributed by atoms with E-state index >= 15 is 0 Å². The van der Waals surface area contributed by atoms with Crippen molar-refractivity contribution < 1.29 is 23.9 Å². The van der Waals surface area contributed by atoms with Gasteiger partial charge in [0.1, 0.15) is 18.0 Å². The number of amides is 2. The van der Waals surface area contributed by atoms with Crippen LogP contribution in [0.15, 0.2) is 65.9 Å². The normalized spacial score (nSPS) is 25.7. The number of hydrogen-bond donors (Lipinski definition) is 0. The zero-order valence-electron chi connectivity index (χ0n) is 24.2. The molecule has 2 amide bonds. The molecule has 0 N–H and O–H groups in total. The van der Waals surface area contributed by atoms with Crippen LogP contribution in [0.3, 0.4) is 0 Å². The van der Waals surface area contributed by atoms with Gasteiger partial charge in [-0.3, -0.25) is 9.59 Å². The van der Waals surface area contributed by atoms with Crippen LogP contribution in [0, 0.1) is 10.8 Å². The fraction of sp³-hybridized carbons (Fsp3) is 0.485. The maximum atomic E-state index is 13.6. The zero-order valence-corrected chi connectivity index (χ0v) is 24.2. The van der Waals surface area contributed by atoms with Crippen molar-refractivity contribution in [1.29, 1.82) is 0 Å². The van der Waals surface area contributed by atoms with Gasteiger partial charge in [-0.15, -0.1) is 0 Å². The van der Waals surface area contributed by atoms with Crippen LogP contribution in [0.5, 0.6) is 11.5 Å². The Bertz CT molecular complexity index is 1330. The average Bonchev–Trinajstić information content (AvgIpc) is 3.15. The molecule has 0 spiro atoms. The molecule has 2 bridgehead atoms. The minimum atomic E-state index is -0.497. The number of nitrogens with zero attached hydrogens (tertiary/aromatic N) is 2. The van der Waals surface area contributed by atoms with Gasteiger partial charge in [0.2, 0.25) is 11.8 Å². The summed E-state index contributed by atoms with van der Waals surface area (Å²) in [6.07, 6.45) is 3.13. The summed E-state index contributed by atoms with van der Waals surface area (Å²) < 4.78 is 11.5. The molecule has 3 unspecified atom stereocenters. The van der Waals surface area contributed by atoms with Gasteiger partial charge in [-0.05, 0) is 73.8 Å². The molecular formula is C33H40N2O5. The molecule has 212 valence electrons. The number of ether oxygens (including phenoxy) is 2. The number of allylic oxidation sites excluding steroid dienone is 1. The maximum absolute atomic E-state index is 13.6. The van der Waals surface area contributed by atoms with Gasteiger partial charge in [-0.2, -0.15) is 0 Å². The maximum Gasteiger partial charge on any atom is 0.336 e. The molecule has 2 heterocycles. The quantitative estimate of drug-likeness (QED) is 0.396. The van der Waals surface area contributed by atoms with Crippen molar-refractivity contribution in [3.05, 3.63) is 71.4 Å². The molecule has 2 aromatic carbocycles. The van der Waals surface area contributed by atoms with Crippen LogP contribution in [-0.4, -0.2) is 53.3 Å². The second kappa shape index (κ2) is 10.8. The highest BCUT2D eigenvalue weighted by molar-refractivity contribution is 5.97. The Hall–Kier alpha value is -3.61. The lowest BCUT2D eigenvalue weighted by molar-refractivity contribution is -0.143. The summed E-state index contributed by atoms with van der Waals surface area (Å²) in [4.78, 5) is 44.0. The first-order chi connectivity index (χ1) is 19.0. The summed E-state index contributed by atoms with van der Waals surface area (Å²) in [6, 6.07) is 17.1. The van der Waals surface area contributed by atoms with E-state index in [0.29, 0.717) is 29.3 Å². The fourth-order valence-corrected chi connectivity index (χ4v) is 7.36. The Morgan fingerprint density at radius 3 is 2.45 bits per heavy atom. The van der Waals surface area contributed by atoms with Gasteiger partial charge in [0, 0.05) is 30.6 Å². The first kappa shape index (κ1) is 27.9. The Kier molecular flexibility index (Phi) is 7.51. The number of carbonyl (C=O) groups excluding carboxylic acids is 3. The Morgan fingerprint density at radius 1 is 1.00 bits per heavy atom. The van der Waals surface area contributed by atoms with E-state index in [0.717, 1.165) is 24.8 Å². The van der Waals surface area contributed by atoms with Crippen molar-refractivity contribution in [1.82, 2.24) is 9.80 Å². The standard InChI is InChI=1S/C33H40N2O5/c1-6-39-31(38)30-22(2)34(19-29(37)35-21-33(5)18-24(35)17-32(3,4)20-33)28(36)16-27(30)23-11-10-14-26(15-23)40-25-12-8-7-9-13-25/h7-15,24,27H,6,16-21H2,1-5H3. The highest BCUT2D eigenvalue weighted by Crippen LogP contribution is 2.52. The SMILES string of the molecule is CCOC(=O)C1=C(C)N(CC(=O)N2CC3(C)CC2CC(C)(C)C3)C(=O)CC1c1cccc(Oc2ccccc2)c1. The Labute approximate surface area is 237 Å². The molecule has 40 heavy (non-hydrogen) atoms. The summed E-state index contributed by atoms with van der Waals surface area (Å²) in [5.41, 5.74) is 1.98. The monoisotopic (exact) mass is 544 g/mol. The topological polar surface area (TPSA) is 76.2 Å². The van der Waals surface area contributed by atoms with Crippen LogP contribution in [0.1, 0.15) is 71.8 Å². The average molecular weight is 545 g/mol. The summed E-state index contributed by atoms with van der Waals surface area (Å²) in [6.45, 7) is 11.2. The van der Waals surface area contributed by atoms with Gasteiger partial charge in [0.15, 0.2) is 0 Å². The number of likely N-dealkylation sites (tertiary alicyclic amines) is 1. The number of fused-ring (bicyclic) bond motifs is 2. The summed E-state index contributed by atoms with van der Waals surface area (Å²) in [5, 5.41) is 0. The molecule has 1 saturated carbocycles. The van der Waals surface area contributed by atoms with Gasteiger partial charge in [0.05, 0.1) is 12.2 Å². The fourth-order valence-electron chi connectivity index (χ4n) is 7.36. The lowest BCUT2D eigenvalue weighted by atomic mass is 9.65. The molecule has 7 nitrogen and oxygen atoms in total. The number of hydrogen-bond acceptors (Lipinski definition) is 5. The van der Waals surface area contributed by atoms with E-state index in [1.807, 2.05) is 59.5 Å². The third-order valence-corrected chi connectivity index (χ3v) is 8.59. The first-order valence-electron chi connectivity index (χ1n) is 14.3. The van der Waals surface area contributed by atoms with Crippen LogP contribution in [0.2, 0.25) is 0 Å². The van der Waals surface area contributed by atoms with Crippen LogP contribution >= 0.6 is 0 Å². The predicted octanol–water partition coefficient (Wildman–Crippen LogP) is 6.06. The van der Waals surface area contributed by atoms with E-state index in [1.54, 1.807) is 13.8 Å². The highest BCUT2D eigenvalue weighted by Gasteiger charge is 2.51. The van der Waals surface area contributed by atoms with E-state index in [2.05, 4.69) is 20.8 Å². The second-order valence-corrected chi connectivity index (χ2v) is 12.7. The van der Waals surface area contributed by atoms with Crippen LogP contribution < -0.4 is 4.74 Å². The van der Waals surface area contributed by atoms with Gasteiger partial charge in [-0.1, -0.05) is 51.1 Å². The van der Waals surface area contributed by atoms with E-state index < -0.39 is 11.9 Å². The number of esters is 1. The minimum absolute atomic E-state index is 0.0564. The molecule has 2 aromatic rings. The highest BCUT2D eigenvalue weighted by atomic mass is 16.5. The Morgan fingerprint density at radius 2 is 1.73 bits per heavy atom. The van der Waals surface area contributed by atoms with Crippen molar-refractivity contribution in [2.24, 2.45) is 10.8 Å². The number of rotatable bonds is 7. The predicted molar refractivity (Wildman–Crippen MR) is 153 cm³/mol. The van der Waals surface area contributed by atoms with Crippen LogP contribution in [-0.2, 0) is 19.1 Å². The van der Waals surface area contributed by atoms with Crippen molar-refractivity contribution in [2.75, 3.05) is 19.7 Å². The lowest BCUT2D eigenvalue weighted by Gasteiger charge is -2.39. The molecule has 3 atom stereocenters. The van der Waals surface area contributed by atoms with Crippen molar-refractivity contribution in [3.8, 4) is 11.5 Å². The van der Waals surface area contributed by atoms with Gasteiger partial charge < -0.3 is 19.3 Å². The molecule has 0 radical (unpaired) electrons. The first-order valence-corrected chi connectivity index (χ1v) is 14.3. The lowest BCUT2D eigenvalue weighted by Crippen LogP contribution is -2.47. The second-order valence-electron chi connectivity index (χ2n) is 12.7. The molecule has 1 aliphatic carbocycles. The molecule has 2 aliphatic heterocycles. The Balaban J connectivity index is 1.42. The van der Waals surface area contributed by atoms with Gasteiger partial charge in [0.25, 0.3) is 0 Å². The van der Waals surface area contributed by atoms with Gasteiger partial charge in [-0.25, -0.2) is 4.79 Å². The van der Waals surface area contributed by atoms with E-state index in [-0.39, 0.29) is 48.3 Å². The molecule has 5 rings (SSSR count). The van der Waals surface area contributed by atoms with E-state index in [9.17, 15) is 14.4 Å². The van der Waals surface area contributed by atoms with Crippen molar-refractivity contribution >= 4 is 17.8 Å². The largest absolute Gasteiger partial charge is 0.463 e. The number of carbonyl (C=O) groups is 3. The van der Waals surface area contributed by atoms with E-state index in [1.165, 1.54) is 4.90 Å². The molecule has 7 heteroatoms. The zero-order chi connectivity index (χ0) is 28.7. The van der Waals surface area contributed by atoms with Crippen molar-refractivity contribution in [3.63, 3.8) is 0 Å². The number of benzene rings is 2. The summed E-state index contributed by atoms with van der Waals surface area (Å²) in [5.74, 6) is 0.126. The van der Waals surface area contributed by atoms with E-state index in [4.69, 9.17) is 9.47 Å². The third kappa shape index (κ3) is 5.65. The van der Waals surface area contributed by atoms with Crippen LogP contribution in [0.4, 0.5) is 0 Å². The molecule has 3 aliphatic rings. The number of para-hydroxylation sites is 1. The molecular weight excluding hydrogens is 504 g/mol. The molecule has 0 aromatic heterocycles. The smallest absolute Gasteiger partial charge is 0.336 e. The summed E-state index contributed by atoms with van der Waals surface area (Å²) in [7, 11) is 0. The summed E-state index contributed by atoms with van der Waals surface area (Å²) >= 11 is 0. The third-order valence-electron chi connectivity index (χ3n) is 8.59. The van der Waals surface area contributed by atoms with Gasteiger partial charge >= 0.3 is 5.97 Å². The molecule has 2 fully saturated rings. The van der Waals surface area contributed by atoms with Crippen molar-refractivity contribution in [2.45, 2.75) is 72.3 Å². The minimum Gasteiger partial charge on any atom is -0.463 e. The van der Waals surface area contributed by atoms with Crippen LogP contribution in [0.25, 0.3) is 0 Å².